The van der Waals surface area contributed by atoms with E-state index >= 15 is 0 Å². The van der Waals surface area contributed by atoms with Gasteiger partial charge in [0.05, 0.1) is 11.9 Å². The Hall–Kier alpha value is -3.09. The lowest BCUT2D eigenvalue weighted by molar-refractivity contribution is 0.0551. The maximum absolute atomic E-state index is 14.4. The Kier molecular flexibility index (Phi) is 5.14. The number of aromatic nitrogens is 3. The molecule has 6 nitrogen and oxygen atoms in total. The van der Waals surface area contributed by atoms with Gasteiger partial charge >= 0.3 is 0 Å². The average Bonchev–Trinajstić information content (AvgIpc) is 3.05. The predicted molar refractivity (Wildman–Crippen MR) is 105 cm³/mol. The molecule has 1 aromatic carbocycles. The molecule has 1 aliphatic rings. The second kappa shape index (κ2) is 7.88. The largest absolute Gasteiger partial charge is 0.485 e. The number of hydrogen-bond donors (Lipinski definition) is 1. The minimum Gasteiger partial charge on any atom is -0.485 e. The average molecular weight is 382 g/mol. The van der Waals surface area contributed by atoms with E-state index in [0.717, 1.165) is 41.6 Å². The van der Waals surface area contributed by atoms with Gasteiger partial charge in [0.25, 0.3) is 0 Å². The molecule has 0 fully saturated rings. The quantitative estimate of drug-likeness (QED) is 0.635. The summed E-state index contributed by atoms with van der Waals surface area (Å²) in [5, 5.41) is 4.38. The molecule has 3 heterocycles. The number of alkyl halides is 1. The Labute approximate surface area is 163 Å². The number of benzene rings is 1. The molecule has 0 amide bonds. The molecule has 0 saturated carbocycles. The zero-order chi connectivity index (χ0) is 19.5. The van der Waals surface area contributed by atoms with Gasteiger partial charge in [-0.05, 0) is 37.0 Å². The number of anilines is 1. The Morgan fingerprint density at radius 3 is 2.89 bits per heavy atom. The predicted octanol–water partition coefficient (Wildman–Crippen LogP) is 4.04. The molecule has 1 atom stereocenters. The maximum Gasteiger partial charge on any atom is 0.238 e. The van der Waals surface area contributed by atoms with Crippen molar-refractivity contribution in [1.29, 1.82) is 0 Å². The van der Waals surface area contributed by atoms with Crippen molar-refractivity contribution in [1.82, 2.24) is 14.8 Å². The van der Waals surface area contributed by atoms with Crippen LogP contribution in [0.25, 0.3) is 11.3 Å². The summed E-state index contributed by atoms with van der Waals surface area (Å²) in [4.78, 5) is 4.30. The van der Waals surface area contributed by atoms with Gasteiger partial charge in [-0.15, -0.1) is 0 Å². The first-order valence-electron chi connectivity index (χ1n) is 9.40. The topological polar surface area (TPSA) is 75.2 Å². The highest BCUT2D eigenvalue weighted by Gasteiger charge is 2.17. The van der Waals surface area contributed by atoms with Gasteiger partial charge in [0.2, 0.25) is 6.36 Å². The van der Waals surface area contributed by atoms with Crippen LogP contribution < -0.4 is 15.2 Å². The van der Waals surface area contributed by atoms with Crippen LogP contribution in [0.1, 0.15) is 30.4 Å². The fraction of sp³-hybridized carbons (Fsp3) is 0.333. The van der Waals surface area contributed by atoms with Gasteiger partial charge in [-0.25, -0.2) is 9.37 Å². The second-order valence-corrected chi connectivity index (χ2v) is 6.92. The van der Waals surface area contributed by atoms with Crippen molar-refractivity contribution in [2.24, 2.45) is 7.05 Å². The molecule has 0 radical (unpaired) electrons. The highest BCUT2D eigenvalue weighted by Crippen LogP contribution is 2.31. The van der Waals surface area contributed by atoms with Crippen molar-refractivity contribution in [2.75, 3.05) is 5.73 Å². The van der Waals surface area contributed by atoms with Crippen LogP contribution in [0.2, 0.25) is 0 Å². The number of hydrogen-bond acceptors (Lipinski definition) is 5. The summed E-state index contributed by atoms with van der Waals surface area (Å²) < 4.78 is 27.6. The molecular weight excluding hydrogens is 359 g/mol. The van der Waals surface area contributed by atoms with E-state index in [0.29, 0.717) is 23.7 Å². The first kappa shape index (κ1) is 18.3. The highest BCUT2D eigenvalue weighted by molar-refractivity contribution is 5.67. The molecule has 2 aromatic heterocycles. The Balaban J connectivity index is 1.73. The smallest absolute Gasteiger partial charge is 0.238 e. The lowest BCUT2D eigenvalue weighted by Gasteiger charge is -2.15. The van der Waals surface area contributed by atoms with Crippen molar-refractivity contribution in [2.45, 2.75) is 38.6 Å². The van der Waals surface area contributed by atoms with Gasteiger partial charge < -0.3 is 15.2 Å². The highest BCUT2D eigenvalue weighted by atomic mass is 19.1. The third kappa shape index (κ3) is 3.78. The molecule has 146 valence electrons. The number of aryl methyl sites for hydroxylation is 2. The Morgan fingerprint density at radius 1 is 1.14 bits per heavy atom. The summed E-state index contributed by atoms with van der Waals surface area (Å²) in [5.41, 5.74) is 9.73. The van der Waals surface area contributed by atoms with Crippen LogP contribution >= 0.6 is 0 Å². The number of para-hydroxylation sites is 1. The van der Waals surface area contributed by atoms with E-state index in [1.165, 1.54) is 0 Å². The van der Waals surface area contributed by atoms with E-state index in [1.54, 1.807) is 12.3 Å². The second-order valence-electron chi connectivity index (χ2n) is 6.92. The van der Waals surface area contributed by atoms with E-state index in [9.17, 15) is 4.39 Å². The van der Waals surface area contributed by atoms with Crippen LogP contribution in [0.5, 0.6) is 11.5 Å². The van der Waals surface area contributed by atoms with Crippen LogP contribution in [0.4, 0.5) is 10.2 Å². The summed E-state index contributed by atoms with van der Waals surface area (Å²) in [5.74, 6) is 1.27. The lowest BCUT2D eigenvalue weighted by Crippen LogP contribution is -2.12. The minimum atomic E-state index is -1.35. The van der Waals surface area contributed by atoms with E-state index in [4.69, 9.17) is 15.2 Å². The molecule has 1 unspecified atom stereocenters. The summed E-state index contributed by atoms with van der Waals surface area (Å²) >= 11 is 0. The van der Waals surface area contributed by atoms with Gasteiger partial charge in [-0.2, -0.15) is 5.10 Å². The monoisotopic (exact) mass is 382 g/mol. The number of fused-ring (bicyclic) bond motifs is 5. The zero-order valence-corrected chi connectivity index (χ0v) is 15.8. The summed E-state index contributed by atoms with van der Waals surface area (Å²) in [7, 11) is 1.89. The first-order chi connectivity index (χ1) is 13.6. The summed E-state index contributed by atoms with van der Waals surface area (Å²) in [6, 6.07) is 9.17. The van der Waals surface area contributed by atoms with Gasteiger partial charge in [-0.3, -0.25) is 4.68 Å². The molecule has 2 bridgehead atoms. The van der Waals surface area contributed by atoms with Crippen LogP contribution in [0.3, 0.4) is 0 Å². The minimum absolute atomic E-state index is 0.205. The molecule has 2 N–H and O–H groups in total. The molecule has 1 aliphatic heterocycles. The van der Waals surface area contributed by atoms with Crippen molar-refractivity contribution in [3.05, 3.63) is 53.9 Å². The van der Waals surface area contributed by atoms with Gasteiger partial charge in [-0.1, -0.05) is 18.2 Å². The zero-order valence-electron chi connectivity index (χ0n) is 15.8. The Morgan fingerprint density at radius 2 is 2.00 bits per heavy atom. The van der Waals surface area contributed by atoms with Crippen molar-refractivity contribution < 1.29 is 13.9 Å². The van der Waals surface area contributed by atoms with Crippen LogP contribution in [-0.2, 0) is 20.1 Å². The Bertz CT molecular complexity index is 973. The molecule has 3 aromatic rings. The standard InChI is InChI=1S/C21H23FN4O2/c1-26-20-14(12-25-26)6-3-5-9-19(22)28-17-8-4-2-7-15(17)13-27-18-10-16(20)11-24-21(18)23/h2,4,7-8,10-12,19H,3,5-6,9,13H2,1H3,(H2,23,24). The molecular formula is C21H23FN4O2. The first-order valence-corrected chi connectivity index (χ1v) is 9.40. The molecule has 0 spiro atoms. The summed E-state index contributed by atoms with van der Waals surface area (Å²) in [6.07, 6.45) is 4.93. The lowest BCUT2D eigenvalue weighted by atomic mass is 10.0. The fourth-order valence-corrected chi connectivity index (χ4v) is 3.45. The molecule has 28 heavy (non-hydrogen) atoms. The van der Waals surface area contributed by atoms with Gasteiger partial charge in [0.15, 0.2) is 11.6 Å². The maximum atomic E-state index is 14.4. The van der Waals surface area contributed by atoms with E-state index in [1.807, 2.05) is 42.2 Å². The van der Waals surface area contributed by atoms with E-state index in [-0.39, 0.29) is 6.61 Å². The SMILES string of the molecule is Cn1ncc2c1-c1cnc(N)c(c1)OCc1ccccc1OC(F)CCCC2. The van der Waals surface area contributed by atoms with Gasteiger partial charge in [0, 0.05) is 30.8 Å². The number of halogens is 1. The number of pyridine rings is 1. The number of rotatable bonds is 0. The van der Waals surface area contributed by atoms with Crippen molar-refractivity contribution in [3.63, 3.8) is 0 Å². The molecule has 4 rings (SSSR count). The normalized spacial score (nSPS) is 17.3. The molecule has 0 saturated heterocycles. The number of nitrogen functional groups attached to an aromatic ring is 1. The number of nitrogens with zero attached hydrogens (tertiary/aromatic N) is 3. The van der Waals surface area contributed by atoms with Gasteiger partial charge in [0.1, 0.15) is 12.4 Å². The number of nitrogens with two attached hydrogens (primary N) is 1. The van der Waals surface area contributed by atoms with Crippen LogP contribution in [0, 0.1) is 0 Å². The third-order valence-corrected chi connectivity index (χ3v) is 4.91. The summed E-state index contributed by atoms with van der Waals surface area (Å²) in [6.45, 7) is 0.205. The molecule has 0 aliphatic carbocycles. The van der Waals surface area contributed by atoms with E-state index < -0.39 is 6.36 Å². The van der Waals surface area contributed by atoms with E-state index in [2.05, 4.69) is 10.1 Å². The molecule has 7 heteroatoms. The fourth-order valence-electron chi connectivity index (χ4n) is 3.45. The third-order valence-electron chi connectivity index (χ3n) is 4.91. The van der Waals surface area contributed by atoms with Crippen LogP contribution in [-0.4, -0.2) is 21.1 Å². The van der Waals surface area contributed by atoms with Crippen molar-refractivity contribution in [3.8, 4) is 22.8 Å². The van der Waals surface area contributed by atoms with Crippen LogP contribution in [0.15, 0.2) is 42.7 Å². The van der Waals surface area contributed by atoms with Crippen molar-refractivity contribution >= 4 is 5.82 Å². The number of ether oxygens (including phenoxy) is 2.